The van der Waals surface area contributed by atoms with Gasteiger partial charge in [-0.1, -0.05) is 56.7 Å². The van der Waals surface area contributed by atoms with Crippen LogP contribution in [-0.2, 0) is 40.0 Å². The van der Waals surface area contributed by atoms with E-state index in [1.165, 1.54) is 30.0 Å². The van der Waals surface area contributed by atoms with E-state index < -0.39 is 95.8 Å². The Balaban J connectivity index is 1.70. The summed E-state index contributed by atoms with van der Waals surface area (Å²) in [7, 11) is 0. The molecule has 11 N–H and O–H groups in total. The zero-order valence-corrected chi connectivity index (χ0v) is 34.5. The van der Waals surface area contributed by atoms with Crippen LogP contribution < -0.4 is 43.4 Å². The van der Waals surface area contributed by atoms with Crippen molar-refractivity contribution in [3.63, 3.8) is 0 Å². The Hall–Kier alpha value is -6.79. The summed E-state index contributed by atoms with van der Waals surface area (Å²) in [5.41, 5.74) is 11.9. The molecule has 1 fully saturated rings. The highest BCUT2D eigenvalue weighted by molar-refractivity contribution is 6.38. The van der Waals surface area contributed by atoms with Crippen LogP contribution in [0.25, 0.3) is 0 Å². The van der Waals surface area contributed by atoms with E-state index in [4.69, 9.17) is 11.5 Å². The Morgan fingerprint density at radius 3 is 2.33 bits per heavy atom. The molecule has 0 bridgehead atoms. The maximum absolute atomic E-state index is 14.3. The summed E-state index contributed by atoms with van der Waals surface area (Å²) in [6.07, 6.45) is 3.77. The Morgan fingerprint density at radius 2 is 1.66 bits per heavy atom. The number of nitrogens with two attached hydrogens (primary N) is 2. The molecule has 328 valence electrons. The fourth-order valence-electron chi connectivity index (χ4n) is 6.84. The van der Waals surface area contributed by atoms with Crippen molar-refractivity contribution >= 4 is 53.1 Å². The number of nitrogens with zero attached hydrogens (tertiary/aromatic N) is 2. The highest BCUT2D eigenvalue weighted by Gasteiger charge is 2.40. The molecule has 0 spiro atoms. The van der Waals surface area contributed by atoms with Crippen molar-refractivity contribution in [3.8, 4) is 5.75 Å². The first-order valence-corrected chi connectivity index (χ1v) is 20.3. The molecule has 0 unspecified atom stereocenters. The van der Waals surface area contributed by atoms with Crippen molar-refractivity contribution < 1.29 is 43.5 Å². The SMILES string of the molecule is CC[C@H](C)[C@H]1NC(=O)C(=O)[C@H](CCCN=C(N)N)NC(=O)[C@@H]2CCCN2C(=O)[C@@H](NC(=O)[C@H](C)NC(=O)c2ccccc2)CNC(=O)/C=C/[C@H](Cc2ccc(O)cc2)NC1=O. The molecule has 2 aliphatic rings. The molecule has 19 nitrogen and oxygen atoms in total. The number of aliphatic imine (C=N–C) groups is 1. The lowest BCUT2D eigenvalue weighted by atomic mass is 9.96. The molecule has 0 radical (unpaired) electrons. The van der Waals surface area contributed by atoms with E-state index in [1.54, 1.807) is 56.3 Å². The fourth-order valence-corrected chi connectivity index (χ4v) is 6.84. The maximum atomic E-state index is 14.3. The van der Waals surface area contributed by atoms with Crippen molar-refractivity contribution in [3.05, 3.63) is 77.9 Å². The van der Waals surface area contributed by atoms with Gasteiger partial charge in [0, 0.05) is 31.3 Å². The van der Waals surface area contributed by atoms with Crippen molar-refractivity contribution in [1.82, 2.24) is 36.8 Å². The lowest BCUT2D eigenvalue weighted by Gasteiger charge is -2.30. The first-order chi connectivity index (χ1) is 29.1. The monoisotopic (exact) mass is 844 g/mol. The van der Waals surface area contributed by atoms with Gasteiger partial charge in [0.05, 0.1) is 12.1 Å². The molecule has 1 saturated heterocycles. The number of benzene rings is 2. The van der Waals surface area contributed by atoms with Gasteiger partial charge in [0.15, 0.2) is 5.96 Å². The van der Waals surface area contributed by atoms with Crippen molar-refractivity contribution in [2.45, 2.75) is 95.5 Å². The van der Waals surface area contributed by atoms with Crippen LogP contribution in [0.4, 0.5) is 0 Å². The largest absolute Gasteiger partial charge is 0.508 e. The van der Waals surface area contributed by atoms with Crippen molar-refractivity contribution in [2.75, 3.05) is 19.6 Å². The molecule has 7 amide bonds. The van der Waals surface area contributed by atoms with Gasteiger partial charge in [-0.05, 0) is 74.8 Å². The Morgan fingerprint density at radius 1 is 0.951 bits per heavy atom. The molecule has 2 heterocycles. The summed E-state index contributed by atoms with van der Waals surface area (Å²) in [5, 5.41) is 25.7. The van der Waals surface area contributed by atoms with Gasteiger partial charge in [-0.25, -0.2) is 0 Å². The Bertz CT molecular complexity index is 1970. The summed E-state index contributed by atoms with van der Waals surface area (Å²) < 4.78 is 0. The number of nitrogens with one attached hydrogen (secondary N) is 6. The van der Waals surface area contributed by atoms with E-state index in [9.17, 15) is 43.5 Å². The standard InChI is InChI=1S/C42H56N10O9/c1-4-24(2)34-39(59)48-28(22-26-14-17-29(53)18-15-26)16-19-33(54)46-23-31(50-36(56)25(3)47-37(57)27-10-6-5-7-11-27)41(61)52-21-9-13-32(52)38(58)49-30(35(55)40(60)51-34)12-8-20-45-42(43)44/h5-7,10-11,14-19,24-25,28,30-32,34,53H,4,8-9,12-13,20-23H2,1-3H3,(H,46,54)(H,47,57)(H,48,59)(H,49,58)(H,50,56)(H,51,60)(H4,43,44,45)/b19-16+/t24-,25-,28+,30-,31-,32-,34+/m0/s1. The molecule has 7 atom stereocenters. The number of carbonyl (C=O) groups is 8. The number of rotatable bonds is 12. The van der Waals surface area contributed by atoms with Crippen LogP contribution in [0.15, 0.2) is 71.7 Å². The summed E-state index contributed by atoms with van der Waals surface area (Å²) in [6.45, 7) is 4.67. The number of carbonyl (C=O) groups excluding carboxylic acids is 8. The number of phenolic OH excluding ortho intramolecular Hbond substituents is 1. The molecular weight excluding hydrogens is 789 g/mol. The molecule has 2 aromatic rings. The number of fused-ring (bicyclic) bond motifs is 1. The van der Waals surface area contributed by atoms with Gasteiger partial charge in [0.2, 0.25) is 35.3 Å². The molecule has 2 aromatic carbocycles. The number of amides is 7. The number of ketones is 1. The predicted molar refractivity (Wildman–Crippen MR) is 224 cm³/mol. The molecule has 0 aliphatic carbocycles. The van der Waals surface area contributed by atoms with Crippen LogP contribution in [0.5, 0.6) is 5.75 Å². The number of guanidine groups is 1. The smallest absolute Gasteiger partial charge is 0.290 e. The molecule has 0 aromatic heterocycles. The number of phenols is 1. The minimum atomic E-state index is -1.43. The normalized spacial score (nSPS) is 23.3. The molecule has 61 heavy (non-hydrogen) atoms. The van der Waals surface area contributed by atoms with E-state index >= 15 is 0 Å². The minimum Gasteiger partial charge on any atom is -0.508 e. The highest BCUT2D eigenvalue weighted by atomic mass is 16.3. The summed E-state index contributed by atoms with van der Waals surface area (Å²) in [5.74, 6) is -6.93. The summed E-state index contributed by atoms with van der Waals surface area (Å²) in [6, 6.07) is 7.20. The van der Waals surface area contributed by atoms with Gasteiger partial charge in [-0.2, -0.15) is 0 Å². The third-order valence-corrected chi connectivity index (χ3v) is 10.5. The second-order valence-electron chi connectivity index (χ2n) is 15.1. The first kappa shape index (κ1) is 46.9. The lowest BCUT2D eigenvalue weighted by Crippen LogP contribution is -2.60. The van der Waals surface area contributed by atoms with Crippen LogP contribution in [0, 0.1) is 5.92 Å². The first-order valence-electron chi connectivity index (χ1n) is 20.3. The third kappa shape index (κ3) is 13.9. The quantitative estimate of drug-likeness (QED) is 0.0543. The average molecular weight is 845 g/mol. The van der Waals surface area contributed by atoms with E-state index in [0.29, 0.717) is 24.0 Å². The molecule has 0 saturated carbocycles. The van der Waals surface area contributed by atoms with Crippen LogP contribution in [0.3, 0.4) is 0 Å². The third-order valence-electron chi connectivity index (χ3n) is 10.5. The maximum Gasteiger partial charge on any atom is 0.290 e. The van der Waals surface area contributed by atoms with Crippen LogP contribution >= 0.6 is 0 Å². The molecule has 2 aliphatic heterocycles. The van der Waals surface area contributed by atoms with Crippen LogP contribution in [0.1, 0.15) is 68.8 Å². The van der Waals surface area contributed by atoms with E-state index in [0.717, 1.165) is 6.08 Å². The number of Topliss-reactive ketones (excluding diaryl/α,β-unsaturated/α-hetero) is 1. The Kier molecular flexibility index (Phi) is 17.3. The number of hydrogen-bond donors (Lipinski definition) is 9. The van der Waals surface area contributed by atoms with E-state index in [2.05, 4.69) is 36.9 Å². The van der Waals surface area contributed by atoms with Crippen molar-refractivity contribution in [1.29, 1.82) is 0 Å². The van der Waals surface area contributed by atoms with Crippen molar-refractivity contribution in [2.24, 2.45) is 22.4 Å². The van der Waals surface area contributed by atoms with Gasteiger partial charge < -0.3 is 53.4 Å². The molecule has 4 rings (SSSR count). The van der Waals surface area contributed by atoms with E-state index in [-0.39, 0.29) is 50.5 Å². The topological polar surface area (TPSA) is 297 Å². The minimum absolute atomic E-state index is 0.0163. The van der Waals surface area contributed by atoms with Crippen LogP contribution in [0.2, 0.25) is 0 Å². The zero-order valence-electron chi connectivity index (χ0n) is 34.5. The van der Waals surface area contributed by atoms with Gasteiger partial charge >= 0.3 is 0 Å². The van der Waals surface area contributed by atoms with Gasteiger partial charge in [0.1, 0.15) is 29.9 Å². The van der Waals surface area contributed by atoms with Gasteiger partial charge in [-0.3, -0.25) is 43.3 Å². The summed E-state index contributed by atoms with van der Waals surface area (Å²) in [4.78, 5) is 115. The van der Waals surface area contributed by atoms with Gasteiger partial charge in [0.25, 0.3) is 11.8 Å². The Labute approximate surface area is 353 Å². The zero-order chi connectivity index (χ0) is 44.6. The highest BCUT2D eigenvalue weighted by Crippen LogP contribution is 2.20. The predicted octanol–water partition coefficient (Wildman–Crippen LogP) is -0.962. The average Bonchev–Trinajstić information content (AvgIpc) is 3.74. The summed E-state index contributed by atoms with van der Waals surface area (Å²) >= 11 is 0. The van der Waals surface area contributed by atoms with Crippen LogP contribution in [-0.4, -0.2) is 119 Å². The number of hydrogen-bond acceptors (Lipinski definition) is 10. The number of aromatic hydroxyl groups is 1. The fraction of sp³-hybridized carbons (Fsp3) is 0.452. The van der Waals surface area contributed by atoms with E-state index in [1.807, 2.05) is 0 Å². The lowest BCUT2D eigenvalue weighted by molar-refractivity contribution is -0.144. The second kappa shape index (κ2) is 22.5. The molecule has 19 heteroatoms. The van der Waals surface area contributed by atoms with Gasteiger partial charge in [-0.15, -0.1) is 0 Å². The molecular formula is C42H56N10O9. The second-order valence-corrected chi connectivity index (χ2v) is 15.1.